The third-order valence-corrected chi connectivity index (χ3v) is 2.50. The zero-order valence-corrected chi connectivity index (χ0v) is 11.2. The molecule has 6 nitrogen and oxygen atoms in total. The van der Waals surface area contributed by atoms with Gasteiger partial charge in [-0.05, 0) is 13.0 Å². The molecular weight excluding hydrogens is 265 g/mol. The number of carbonyl (C=O) groups is 1. The van der Waals surface area contributed by atoms with Crippen molar-refractivity contribution in [2.24, 2.45) is 7.05 Å². The monoisotopic (exact) mass is 279 g/mol. The molecule has 0 fully saturated rings. The van der Waals surface area contributed by atoms with Crippen LogP contribution in [0.2, 0.25) is 0 Å². The number of pyridine rings is 1. The van der Waals surface area contributed by atoms with Gasteiger partial charge in [0, 0.05) is 24.9 Å². The van der Waals surface area contributed by atoms with E-state index in [1.807, 2.05) is 0 Å². The zero-order chi connectivity index (χ0) is 14.5. The predicted octanol–water partition coefficient (Wildman–Crippen LogP) is 1.56. The molecule has 0 amide bonds. The van der Waals surface area contributed by atoms with Gasteiger partial charge in [0.1, 0.15) is 5.82 Å². The summed E-state index contributed by atoms with van der Waals surface area (Å²) in [6.45, 7) is 1.80. The highest BCUT2D eigenvalue weighted by atomic mass is 19.1. The van der Waals surface area contributed by atoms with Crippen LogP contribution in [-0.2, 0) is 16.6 Å². The minimum absolute atomic E-state index is 0.217. The summed E-state index contributed by atoms with van der Waals surface area (Å²) in [5.74, 6) is -0.635. The van der Waals surface area contributed by atoms with Gasteiger partial charge in [-0.3, -0.25) is 9.67 Å². The van der Waals surface area contributed by atoms with E-state index < -0.39 is 11.8 Å². The van der Waals surface area contributed by atoms with Gasteiger partial charge < -0.3 is 9.47 Å². The van der Waals surface area contributed by atoms with Crippen molar-refractivity contribution in [3.8, 4) is 17.1 Å². The maximum absolute atomic E-state index is 13.1. The van der Waals surface area contributed by atoms with Gasteiger partial charge >= 0.3 is 5.97 Å². The third kappa shape index (κ3) is 3.31. The van der Waals surface area contributed by atoms with Gasteiger partial charge in [-0.15, -0.1) is 5.10 Å². The first-order valence-electron chi connectivity index (χ1n) is 6.03. The van der Waals surface area contributed by atoms with Gasteiger partial charge in [-0.1, -0.05) is 0 Å². The molecule has 0 spiro atoms. The predicted molar refractivity (Wildman–Crippen MR) is 68.5 cm³/mol. The molecule has 0 bridgehead atoms. The Hall–Kier alpha value is -2.44. The minimum atomic E-state index is -0.466. The van der Waals surface area contributed by atoms with E-state index in [1.54, 1.807) is 20.0 Å². The number of hydrogen-bond donors (Lipinski definition) is 0. The standard InChI is InChI=1S/C13H14FN3O3/c1-3-19-13(18)8-20-12-5-11(17(2)16-12)9-4-10(14)7-15-6-9/h4-7H,3,8H2,1-2H3. The molecule has 0 aliphatic heterocycles. The Morgan fingerprint density at radius 3 is 2.90 bits per heavy atom. The summed E-state index contributed by atoms with van der Waals surface area (Å²) < 4.78 is 24.6. The average molecular weight is 279 g/mol. The van der Waals surface area contributed by atoms with Crippen LogP contribution in [0.25, 0.3) is 11.3 Å². The highest BCUT2D eigenvalue weighted by molar-refractivity contribution is 5.71. The molecule has 0 unspecified atom stereocenters. The van der Waals surface area contributed by atoms with E-state index in [4.69, 9.17) is 9.47 Å². The Kier molecular flexibility index (Phi) is 4.29. The molecule has 7 heteroatoms. The lowest BCUT2D eigenvalue weighted by atomic mass is 10.2. The van der Waals surface area contributed by atoms with E-state index in [0.29, 0.717) is 17.9 Å². The smallest absolute Gasteiger partial charge is 0.344 e. The third-order valence-electron chi connectivity index (χ3n) is 2.50. The van der Waals surface area contributed by atoms with E-state index >= 15 is 0 Å². The number of aromatic nitrogens is 3. The molecule has 106 valence electrons. The van der Waals surface area contributed by atoms with Crippen molar-refractivity contribution in [3.63, 3.8) is 0 Å². The van der Waals surface area contributed by atoms with E-state index in [0.717, 1.165) is 6.20 Å². The van der Waals surface area contributed by atoms with Crippen molar-refractivity contribution >= 4 is 5.97 Å². The van der Waals surface area contributed by atoms with Gasteiger partial charge in [-0.25, -0.2) is 9.18 Å². The van der Waals surface area contributed by atoms with Crippen LogP contribution in [0.15, 0.2) is 24.5 Å². The second kappa shape index (κ2) is 6.14. The number of halogens is 1. The largest absolute Gasteiger partial charge is 0.465 e. The molecule has 0 atom stereocenters. The van der Waals surface area contributed by atoms with Crippen molar-refractivity contribution in [1.29, 1.82) is 0 Å². The molecule has 2 aromatic heterocycles. The number of carbonyl (C=O) groups excluding carboxylic acids is 1. The first-order chi connectivity index (χ1) is 9.60. The summed E-state index contributed by atoms with van der Waals surface area (Å²) in [7, 11) is 1.69. The highest BCUT2D eigenvalue weighted by Crippen LogP contribution is 2.22. The molecule has 0 saturated carbocycles. The average Bonchev–Trinajstić information content (AvgIpc) is 2.78. The number of esters is 1. The molecule has 2 heterocycles. The van der Waals surface area contributed by atoms with Crippen LogP contribution in [0, 0.1) is 5.82 Å². The normalized spacial score (nSPS) is 10.3. The molecule has 0 radical (unpaired) electrons. The van der Waals surface area contributed by atoms with E-state index in [1.165, 1.54) is 16.9 Å². The van der Waals surface area contributed by atoms with E-state index in [-0.39, 0.29) is 12.5 Å². The Morgan fingerprint density at radius 2 is 2.20 bits per heavy atom. The highest BCUT2D eigenvalue weighted by Gasteiger charge is 2.11. The van der Waals surface area contributed by atoms with Crippen molar-refractivity contribution in [3.05, 3.63) is 30.3 Å². The Balaban J connectivity index is 2.12. The molecule has 0 aliphatic rings. The minimum Gasteiger partial charge on any atom is -0.465 e. The fraction of sp³-hybridized carbons (Fsp3) is 0.308. The van der Waals surface area contributed by atoms with Gasteiger partial charge in [0.2, 0.25) is 5.88 Å². The molecule has 0 saturated heterocycles. The molecule has 0 aliphatic carbocycles. The lowest BCUT2D eigenvalue weighted by Crippen LogP contribution is -2.14. The van der Waals surface area contributed by atoms with Crippen molar-refractivity contribution in [1.82, 2.24) is 14.8 Å². The quantitative estimate of drug-likeness (QED) is 0.777. The number of hydrogen-bond acceptors (Lipinski definition) is 5. The topological polar surface area (TPSA) is 66.2 Å². The lowest BCUT2D eigenvalue weighted by Gasteiger charge is -2.01. The van der Waals surface area contributed by atoms with Crippen LogP contribution >= 0.6 is 0 Å². The molecule has 0 N–H and O–H groups in total. The van der Waals surface area contributed by atoms with Gasteiger partial charge in [-0.2, -0.15) is 0 Å². The van der Waals surface area contributed by atoms with Crippen molar-refractivity contribution < 1.29 is 18.7 Å². The number of aryl methyl sites for hydroxylation is 1. The first kappa shape index (κ1) is 14.0. The molecule has 0 aromatic carbocycles. The number of rotatable bonds is 5. The molecule has 20 heavy (non-hydrogen) atoms. The first-order valence-corrected chi connectivity index (χ1v) is 6.03. The summed E-state index contributed by atoms with van der Waals surface area (Å²) in [6, 6.07) is 2.95. The fourth-order valence-electron chi connectivity index (χ4n) is 1.67. The summed E-state index contributed by atoms with van der Waals surface area (Å²) in [5.41, 5.74) is 1.21. The van der Waals surface area contributed by atoms with Crippen molar-refractivity contribution in [2.45, 2.75) is 6.92 Å². The van der Waals surface area contributed by atoms with Gasteiger partial charge in [0.05, 0.1) is 18.5 Å². The Labute approximate surface area is 115 Å². The second-order valence-corrected chi connectivity index (χ2v) is 3.98. The summed E-state index contributed by atoms with van der Waals surface area (Å²) in [4.78, 5) is 15.0. The summed E-state index contributed by atoms with van der Waals surface area (Å²) in [5, 5.41) is 4.09. The van der Waals surface area contributed by atoms with Crippen molar-refractivity contribution in [2.75, 3.05) is 13.2 Å². The van der Waals surface area contributed by atoms with Gasteiger partial charge in [0.15, 0.2) is 6.61 Å². The van der Waals surface area contributed by atoms with Crippen LogP contribution in [0.4, 0.5) is 4.39 Å². The van der Waals surface area contributed by atoms with E-state index in [2.05, 4.69) is 10.1 Å². The number of ether oxygens (including phenoxy) is 2. The summed E-state index contributed by atoms with van der Waals surface area (Å²) in [6.07, 6.45) is 2.65. The molecule has 2 rings (SSSR count). The van der Waals surface area contributed by atoms with Gasteiger partial charge in [0.25, 0.3) is 0 Å². The maximum atomic E-state index is 13.1. The molecular formula is C13H14FN3O3. The lowest BCUT2D eigenvalue weighted by molar-refractivity contribution is -0.145. The van der Waals surface area contributed by atoms with Crippen LogP contribution in [0.3, 0.4) is 0 Å². The SMILES string of the molecule is CCOC(=O)COc1cc(-c2cncc(F)c2)n(C)n1. The van der Waals surface area contributed by atoms with Crippen LogP contribution in [0.1, 0.15) is 6.92 Å². The summed E-state index contributed by atoms with van der Waals surface area (Å²) >= 11 is 0. The second-order valence-electron chi connectivity index (χ2n) is 3.98. The zero-order valence-electron chi connectivity index (χ0n) is 11.2. The number of nitrogens with zero attached hydrogens (tertiary/aromatic N) is 3. The van der Waals surface area contributed by atoms with Crippen LogP contribution < -0.4 is 4.74 Å². The van der Waals surface area contributed by atoms with Crippen LogP contribution in [0.5, 0.6) is 5.88 Å². The van der Waals surface area contributed by atoms with Crippen LogP contribution in [-0.4, -0.2) is 33.9 Å². The fourth-order valence-corrected chi connectivity index (χ4v) is 1.67. The van der Waals surface area contributed by atoms with E-state index in [9.17, 15) is 9.18 Å². The Morgan fingerprint density at radius 1 is 1.40 bits per heavy atom. The maximum Gasteiger partial charge on any atom is 0.344 e. The Bertz CT molecular complexity index is 613. The molecule has 2 aromatic rings.